The Morgan fingerprint density at radius 2 is 2.05 bits per heavy atom. The van der Waals surface area contributed by atoms with Crippen LogP contribution in [-0.2, 0) is 0 Å². The first kappa shape index (κ1) is 14.3. The van der Waals surface area contributed by atoms with Crippen molar-refractivity contribution in [1.82, 2.24) is 4.90 Å². The number of ether oxygens (including phenoxy) is 2. The van der Waals surface area contributed by atoms with Crippen molar-refractivity contribution in [2.24, 2.45) is 11.7 Å². The standard InChI is InChI=1S/C17H24N2O3/c18-14(10-19-9-11-1-3-13(19)7-11)17(20)12-2-4-15-16(8-12)22-6-5-21-15/h2,4,8,11,13-14,17,20H,1,3,5-7,9-10,18H2. The summed E-state index contributed by atoms with van der Waals surface area (Å²) in [4.78, 5) is 2.46. The van der Waals surface area contributed by atoms with Crippen molar-refractivity contribution in [2.75, 3.05) is 26.3 Å². The van der Waals surface area contributed by atoms with Crippen molar-refractivity contribution in [1.29, 1.82) is 0 Å². The summed E-state index contributed by atoms with van der Waals surface area (Å²) >= 11 is 0. The highest BCUT2D eigenvalue weighted by Gasteiger charge is 2.38. The molecule has 1 aromatic carbocycles. The van der Waals surface area contributed by atoms with Gasteiger partial charge >= 0.3 is 0 Å². The molecule has 120 valence electrons. The summed E-state index contributed by atoms with van der Waals surface area (Å²) in [7, 11) is 0. The van der Waals surface area contributed by atoms with Gasteiger partial charge < -0.3 is 20.3 Å². The molecule has 3 aliphatic rings. The minimum atomic E-state index is -0.671. The van der Waals surface area contributed by atoms with Gasteiger partial charge in [-0.25, -0.2) is 0 Å². The van der Waals surface area contributed by atoms with Crippen LogP contribution in [0.3, 0.4) is 0 Å². The molecule has 2 bridgehead atoms. The van der Waals surface area contributed by atoms with Crippen LogP contribution in [0.15, 0.2) is 18.2 Å². The highest BCUT2D eigenvalue weighted by Crippen LogP contribution is 2.38. The van der Waals surface area contributed by atoms with E-state index in [9.17, 15) is 5.11 Å². The maximum absolute atomic E-state index is 10.6. The predicted octanol–water partition coefficient (Wildman–Crippen LogP) is 1.30. The maximum atomic E-state index is 10.6. The molecule has 5 nitrogen and oxygen atoms in total. The zero-order chi connectivity index (χ0) is 15.1. The smallest absolute Gasteiger partial charge is 0.161 e. The Morgan fingerprint density at radius 1 is 1.23 bits per heavy atom. The van der Waals surface area contributed by atoms with Gasteiger partial charge in [-0.05, 0) is 42.9 Å². The van der Waals surface area contributed by atoms with Crippen LogP contribution < -0.4 is 15.2 Å². The molecule has 4 rings (SSSR count). The predicted molar refractivity (Wildman–Crippen MR) is 83.1 cm³/mol. The largest absolute Gasteiger partial charge is 0.486 e. The summed E-state index contributed by atoms with van der Waals surface area (Å²) in [5.41, 5.74) is 7.08. The van der Waals surface area contributed by atoms with Crippen molar-refractivity contribution < 1.29 is 14.6 Å². The SMILES string of the molecule is NC(CN1CC2CCC1C2)C(O)c1ccc2c(c1)OCCO2. The Balaban J connectivity index is 1.43. The quantitative estimate of drug-likeness (QED) is 0.878. The molecule has 0 spiro atoms. The normalized spacial score (nSPS) is 29.5. The van der Waals surface area contributed by atoms with E-state index in [0.29, 0.717) is 25.0 Å². The molecule has 4 unspecified atom stereocenters. The first-order valence-electron chi connectivity index (χ1n) is 8.28. The fourth-order valence-corrected chi connectivity index (χ4v) is 4.11. The summed E-state index contributed by atoms with van der Waals surface area (Å²) < 4.78 is 11.1. The fourth-order valence-electron chi connectivity index (χ4n) is 4.11. The number of nitrogens with two attached hydrogens (primary N) is 1. The molecule has 2 heterocycles. The van der Waals surface area contributed by atoms with Gasteiger partial charge in [0.25, 0.3) is 0 Å². The minimum Gasteiger partial charge on any atom is -0.486 e. The van der Waals surface area contributed by atoms with Gasteiger partial charge in [0.15, 0.2) is 11.5 Å². The number of likely N-dealkylation sites (tertiary alicyclic amines) is 1. The number of aliphatic hydroxyl groups excluding tert-OH is 1. The van der Waals surface area contributed by atoms with Crippen molar-refractivity contribution >= 4 is 0 Å². The number of rotatable bonds is 4. The Kier molecular flexibility index (Phi) is 3.72. The topological polar surface area (TPSA) is 68.0 Å². The van der Waals surface area contributed by atoms with Gasteiger partial charge in [-0.15, -0.1) is 0 Å². The van der Waals surface area contributed by atoms with Gasteiger partial charge in [0.2, 0.25) is 0 Å². The highest BCUT2D eigenvalue weighted by molar-refractivity contribution is 5.44. The van der Waals surface area contributed by atoms with Crippen LogP contribution in [0.5, 0.6) is 11.5 Å². The number of nitrogens with zero attached hydrogens (tertiary/aromatic N) is 1. The van der Waals surface area contributed by atoms with E-state index in [1.807, 2.05) is 18.2 Å². The van der Waals surface area contributed by atoms with Crippen LogP contribution in [0, 0.1) is 5.92 Å². The summed E-state index contributed by atoms with van der Waals surface area (Å²) in [6.45, 7) is 3.03. The van der Waals surface area contributed by atoms with Crippen LogP contribution >= 0.6 is 0 Å². The highest BCUT2D eigenvalue weighted by atomic mass is 16.6. The Labute approximate surface area is 131 Å². The Hall–Kier alpha value is -1.30. The summed E-state index contributed by atoms with van der Waals surface area (Å²) in [5.74, 6) is 2.30. The fraction of sp³-hybridized carbons (Fsp3) is 0.647. The second-order valence-electron chi connectivity index (χ2n) is 6.80. The van der Waals surface area contributed by atoms with Crippen molar-refractivity contribution in [3.63, 3.8) is 0 Å². The van der Waals surface area contributed by atoms with Crippen molar-refractivity contribution in [3.8, 4) is 11.5 Å². The zero-order valence-electron chi connectivity index (χ0n) is 12.8. The van der Waals surface area contributed by atoms with E-state index in [1.165, 1.54) is 19.3 Å². The molecular weight excluding hydrogens is 280 g/mol. The molecule has 0 aromatic heterocycles. The zero-order valence-corrected chi connectivity index (χ0v) is 12.8. The number of aliphatic hydroxyl groups is 1. The molecule has 5 heteroatoms. The lowest BCUT2D eigenvalue weighted by molar-refractivity contribution is 0.106. The van der Waals surface area contributed by atoms with Crippen molar-refractivity contribution in [2.45, 2.75) is 37.5 Å². The first-order valence-corrected chi connectivity index (χ1v) is 8.28. The third kappa shape index (κ3) is 2.57. The van der Waals surface area contributed by atoms with Gasteiger partial charge in [-0.3, -0.25) is 4.90 Å². The van der Waals surface area contributed by atoms with E-state index in [0.717, 1.165) is 30.3 Å². The van der Waals surface area contributed by atoms with Gasteiger partial charge in [-0.2, -0.15) is 0 Å². The van der Waals surface area contributed by atoms with Crippen LogP contribution in [0.2, 0.25) is 0 Å². The van der Waals surface area contributed by atoms with E-state index in [2.05, 4.69) is 4.90 Å². The monoisotopic (exact) mass is 304 g/mol. The van der Waals surface area contributed by atoms with E-state index < -0.39 is 6.10 Å². The lowest BCUT2D eigenvalue weighted by Gasteiger charge is -2.31. The lowest BCUT2D eigenvalue weighted by Crippen LogP contribution is -2.44. The molecule has 0 radical (unpaired) electrons. The second-order valence-corrected chi connectivity index (χ2v) is 6.80. The molecule has 22 heavy (non-hydrogen) atoms. The maximum Gasteiger partial charge on any atom is 0.161 e. The van der Waals surface area contributed by atoms with Gasteiger partial charge in [0.05, 0.1) is 6.10 Å². The Morgan fingerprint density at radius 3 is 2.77 bits per heavy atom. The number of piperidine rings is 1. The molecule has 2 aliphatic heterocycles. The summed E-state index contributed by atoms with van der Waals surface area (Å²) in [5, 5.41) is 10.6. The second kappa shape index (κ2) is 5.72. The molecule has 1 aliphatic carbocycles. The average molecular weight is 304 g/mol. The number of hydrogen-bond donors (Lipinski definition) is 2. The van der Waals surface area contributed by atoms with Gasteiger partial charge in [0, 0.05) is 25.2 Å². The lowest BCUT2D eigenvalue weighted by atomic mass is 10.0. The third-order valence-corrected chi connectivity index (χ3v) is 5.28. The van der Waals surface area contributed by atoms with E-state index in [1.54, 1.807) is 0 Å². The summed E-state index contributed by atoms with van der Waals surface area (Å²) in [6, 6.07) is 6.01. The minimum absolute atomic E-state index is 0.276. The molecule has 1 saturated carbocycles. The Bertz CT molecular complexity index is 551. The van der Waals surface area contributed by atoms with Gasteiger partial charge in [-0.1, -0.05) is 6.07 Å². The molecule has 1 saturated heterocycles. The van der Waals surface area contributed by atoms with E-state index >= 15 is 0 Å². The molecule has 4 atom stereocenters. The van der Waals surface area contributed by atoms with Crippen LogP contribution in [0.1, 0.15) is 30.9 Å². The molecular formula is C17H24N2O3. The van der Waals surface area contributed by atoms with Crippen LogP contribution in [0.4, 0.5) is 0 Å². The van der Waals surface area contributed by atoms with Crippen molar-refractivity contribution in [3.05, 3.63) is 23.8 Å². The number of fused-ring (bicyclic) bond motifs is 3. The third-order valence-electron chi connectivity index (χ3n) is 5.28. The molecule has 3 N–H and O–H groups in total. The van der Waals surface area contributed by atoms with Crippen LogP contribution in [0.25, 0.3) is 0 Å². The van der Waals surface area contributed by atoms with Crippen LogP contribution in [-0.4, -0.2) is 48.4 Å². The number of benzene rings is 1. The molecule has 2 fully saturated rings. The molecule has 1 aromatic rings. The van der Waals surface area contributed by atoms with Gasteiger partial charge in [0.1, 0.15) is 13.2 Å². The van der Waals surface area contributed by atoms with E-state index in [-0.39, 0.29) is 6.04 Å². The first-order chi connectivity index (χ1) is 10.7. The number of hydrogen-bond acceptors (Lipinski definition) is 5. The average Bonchev–Trinajstić information content (AvgIpc) is 3.16. The van der Waals surface area contributed by atoms with E-state index in [4.69, 9.17) is 15.2 Å². The molecule has 0 amide bonds. The summed E-state index contributed by atoms with van der Waals surface area (Å²) in [6.07, 6.45) is 3.29.